The van der Waals surface area contributed by atoms with Gasteiger partial charge in [-0.05, 0) is 81.3 Å². The highest BCUT2D eigenvalue weighted by Crippen LogP contribution is 2.40. The Balaban J connectivity index is 1.58. The summed E-state index contributed by atoms with van der Waals surface area (Å²) in [5, 5.41) is -0.122. The average molecular weight is 611 g/mol. The van der Waals surface area contributed by atoms with Gasteiger partial charge in [0.1, 0.15) is 5.82 Å². The molecule has 1 heterocycles. The summed E-state index contributed by atoms with van der Waals surface area (Å²) in [6, 6.07) is 13.4. The number of imide groups is 1. The lowest BCUT2D eigenvalue weighted by Crippen LogP contribution is -2.27. The van der Waals surface area contributed by atoms with Crippen molar-refractivity contribution in [1.82, 2.24) is 4.90 Å². The fraction of sp³-hybridized carbons (Fsp3) is 0.0800. The molecule has 0 radical (unpaired) electrons. The van der Waals surface area contributed by atoms with E-state index < -0.39 is 22.9 Å². The molecule has 11 heteroatoms. The van der Waals surface area contributed by atoms with Gasteiger partial charge in [-0.2, -0.15) is 0 Å². The second kappa shape index (κ2) is 11.0. The number of hydrogen-bond donors (Lipinski definition) is 0. The number of rotatable bonds is 6. The molecule has 3 aromatic rings. The van der Waals surface area contributed by atoms with Crippen molar-refractivity contribution in [2.75, 3.05) is 7.11 Å². The molecule has 0 aliphatic carbocycles. The molecule has 0 N–H and O–H groups in total. The van der Waals surface area contributed by atoms with Crippen molar-refractivity contribution in [3.63, 3.8) is 0 Å². The van der Waals surface area contributed by atoms with Crippen molar-refractivity contribution >= 4 is 74.1 Å². The summed E-state index contributed by atoms with van der Waals surface area (Å²) in [6.07, 6.45) is 1.52. The Hall–Kier alpha value is -2.85. The number of carbonyl (C=O) groups excluding carboxylic acids is 3. The van der Waals surface area contributed by atoms with Crippen LogP contribution in [0.4, 0.5) is 9.18 Å². The average Bonchev–Trinajstić information content (AvgIpc) is 3.09. The van der Waals surface area contributed by atoms with Gasteiger partial charge in [-0.3, -0.25) is 14.5 Å². The predicted molar refractivity (Wildman–Crippen MR) is 140 cm³/mol. The number of amides is 2. The summed E-state index contributed by atoms with van der Waals surface area (Å²) in [5.74, 6) is -1.37. The van der Waals surface area contributed by atoms with E-state index >= 15 is 0 Å². The number of carbonyl (C=O) groups is 3. The Kier molecular flexibility index (Phi) is 8.04. The zero-order valence-corrected chi connectivity index (χ0v) is 22.3. The number of esters is 1. The largest absolute Gasteiger partial charge is 0.493 e. The molecule has 4 rings (SSSR count). The molecule has 3 aromatic carbocycles. The topological polar surface area (TPSA) is 72.9 Å². The first kappa shape index (κ1) is 26.2. The van der Waals surface area contributed by atoms with Crippen LogP contribution in [0.5, 0.6) is 11.5 Å². The maximum atomic E-state index is 13.3. The summed E-state index contributed by atoms with van der Waals surface area (Å²) >= 11 is 16.3. The summed E-state index contributed by atoms with van der Waals surface area (Å²) < 4.78 is 24.6. The first-order valence-electron chi connectivity index (χ1n) is 10.2. The SMILES string of the molecule is COc1cc(/C=C2\SC(=O)N(Cc3ccc(F)cc3Cl)C2=O)cc(Br)c1OC(=O)c1ccccc1Cl. The quantitative estimate of drug-likeness (QED) is 0.165. The second-order valence-electron chi connectivity index (χ2n) is 7.41. The van der Waals surface area contributed by atoms with E-state index in [2.05, 4.69) is 15.9 Å². The lowest BCUT2D eigenvalue weighted by Gasteiger charge is -2.14. The third kappa shape index (κ3) is 5.59. The number of benzene rings is 3. The third-order valence-corrected chi connectivity index (χ3v) is 7.23. The van der Waals surface area contributed by atoms with Crippen LogP contribution in [0.1, 0.15) is 21.5 Å². The van der Waals surface area contributed by atoms with Crippen molar-refractivity contribution in [1.29, 1.82) is 0 Å². The van der Waals surface area contributed by atoms with Crippen LogP contribution in [-0.2, 0) is 11.3 Å². The molecule has 1 fully saturated rings. The van der Waals surface area contributed by atoms with E-state index in [4.69, 9.17) is 32.7 Å². The molecular formula is C25H15BrCl2FNO5S. The molecular weight excluding hydrogens is 596 g/mol. The fourth-order valence-corrected chi connectivity index (χ4v) is 5.12. The van der Waals surface area contributed by atoms with Crippen LogP contribution in [-0.4, -0.2) is 29.1 Å². The van der Waals surface area contributed by atoms with Crippen molar-refractivity contribution in [3.05, 3.63) is 96.5 Å². The molecule has 1 aliphatic rings. The van der Waals surface area contributed by atoms with E-state index in [0.717, 1.165) is 22.7 Å². The molecule has 1 saturated heterocycles. The van der Waals surface area contributed by atoms with E-state index in [1.807, 2.05) is 0 Å². The van der Waals surface area contributed by atoms with Crippen LogP contribution in [0.3, 0.4) is 0 Å². The number of thioether (sulfide) groups is 1. The van der Waals surface area contributed by atoms with Gasteiger partial charge in [-0.15, -0.1) is 0 Å². The van der Waals surface area contributed by atoms with Gasteiger partial charge in [0.05, 0.1) is 33.6 Å². The van der Waals surface area contributed by atoms with Crippen molar-refractivity contribution < 1.29 is 28.2 Å². The smallest absolute Gasteiger partial charge is 0.345 e. The van der Waals surface area contributed by atoms with Crippen LogP contribution >= 0.6 is 50.9 Å². The number of halogens is 4. The lowest BCUT2D eigenvalue weighted by molar-refractivity contribution is -0.123. The van der Waals surface area contributed by atoms with E-state index in [0.29, 0.717) is 15.6 Å². The van der Waals surface area contributed by atoms with Gasteiger partial charge in [-0.1, -0.05) is 41.4 Å². The minimum atomic E-state index is -0.673. The van der Waals surface area contributed by atoms with Gasteiger partial charge < -0.3 is 9.47 Å². The number of hydrogen-bond acceptors (Lipinski definition) is 6. The molecule has 0 aromatic heterocycles. The molecule has 0 unspecified atom stereocenters. The molecule has 1 aliphatic heterocycles. The van der Waals surface area contributed by atoms with Crippen LogP contribution < -0.4 is 9.47 Å². The third-order valence-electron chi connectivity index (χ3n) is 5.06. The summed E-state index contributed by atoms with van der Waals surface area (Å²) in [6.45, 7) is -0.0922. The number of nitrogens with zero attached hydrogens (tertiary/aromatic N) is 1. The van der Waals surface area contributed by atoms with Crippen molar-refractivity contribution in [3.8, 4) is 11.5 Å². The molecule has 36 heavy (non-hydrogen) atoms. The molecule has 184 valence electrons. The molecule has 6 nitrogen and oxygen atoms in total. The molecule has 2 amide bonds. The fourth-order valence-electron chi connectivity index (χ4n) is 3.30. The van der Waals surface area contributed by atoms with E-state index in [1.165, 1.54) is 31.4 Å². The minimum Gasteiger partial charge on any atom is -0.493 e. The summed E-state index contributed by atoms with van der Waals surface area (Å²) in [7, 11) is 1.40. The van der Waals surface area contributed by atoms with Crippen molar-refractivity contribution in [2.45, 2.75) is 6.54 Å². The monoisotopic (exact) mass is 609 g/mol. The highest BCUT2D eigenvalue weighted by atomic mass is 79.9. The maximum Gasteiger partial charge on any atom is 0.345 e. The van der Waals surface area contributed by atoms with Crippen LogP contribution in [0.25, 0.3) is 6.08 Å². The Morgan fingerprint density at radius 1 is 1.11 bits per heavy atom. The van der Waals surface area contributed by atoms with Gasteiger partial charge in [0.2, 0.25) is 0 Å². The Labute approximate surface area is 228 Å². The summed E-state index contributed by atoms with van der Waals surface area (Å²) in [4.78, 5) is 39.2. The first-order valence-corrected chi connectivity index (χ1v) is 12.6. The zero-order chi connectivity index (χ0) is 26.0. The van der Waals surface area contributed by atoms with Gasteiger partial charge in [0, 0.05) is 5.02 Å². The van der Waals surface area contributed by atoms with E-state index in [-0.39, 0.29) is 38.6 Å². The van der Waals surface area contributed by atoms with Gasteiger partial charge >= 0.3 is 5.97 Å². The Morgan fingerprint density at radius 2 is 1.86 bits per heavy atom. The van der Waals surface area contributed by atoms with E-state index in [9.17, 15) is 18.8 Å². The molecule has 0 saturated carbocycles. The highest BCUT2D eigenvalue weighted by Gasteiger charge is 2.35. The molecule has 0 atom stereocenters. The normalized spacial score (nSPS) is 14.5. The van der Waals surface area contributed by atoms with Crippen LogP contribution in [0.2, 0.25) is 10.0 Å². The predicted octanol–water partition coefficient (Wildman–Crippen LogP) is 7.36. The maximum absolute atomic E-state index is 13.3. The first-order chi connectivity index (χ1) is 17.2. The standard InChI is InChI=1S/C25H15BrCl2FNO5S/c1-34-20-9-13(8-17(26)22(20)35-24(32)16-4-2-3-5-18(16)27)10-21-23(31)30(25(33)36-21)12-14-6-7-15(29)11-19(14)28/h2-11H,12H2,1H3/b21-10-. The summed E-state index contributed by atoms with van der Waals surface area (Å²) in [5.41, 5.74) is 1.14. The van der Waals surface area contributed by atoms with Gasteiger partial charge in [0.15, 0.2) is 11.5 Å². The number of methoxy groups -OCH3 is 1. The van der Waals surface area contributed by atoms with Gasteiger partial charge in [0.25, 0.3) is 11.1 Å². The molecule has 0 bridgehead atoms. The minimum absolute atomic E-state index is 0.0922. The number of ether oxygens (including phenoxy) is 2. The van der Waals surface area contributed by atoms with Crippen LogP contribution in [0, 0.1) is 5.82 Å². The van der Waals surface area contributed by atoms with Gasteiger partial charge in [-0.25, -0.2) is 9.18 Å². The Bertz CT molecular complexity index is 1430. The van der Waals surface area contributed by atoms with Crippen molar-refractivity contribution in [2.24, 2.45) is 0 Å². The molecule has 0 spiro atoms. The second-order valence-corrected chi connectivity index (χ2v) is 10.1. The zero-order valence-electron chi connectivity index (χ0n) is 18.4. The van der Waals surface area contributed by atoms with Crippen LogP contribution in [0.15, 0.2) is 64.0 Å². The van der Waals surface area contributed by atoms with E-state index in [1.54, 1.807) is 30.3 Å². The highest BCUT2D eigenvalue weighted by molar-refractivity contribution is 9.10. The lowest BCUT2D eigenvalue weighted by atomic mass is 10.1. The Morgan fingerprint density at radius 3 is 2.56 bits per heavy atom.